The zero-order valence-electron chi connectivity index (χ0n) is 88.2. The van der Waals surface area contributed by atoms with E-state index >= 15 is 0 Å². The number of para-hydroxylation sites is 4. The first-order valence-corrected chi connectivity index (χ1v) is 67.8. The number of rotatable bonds is 24. The van der Waals surface area contributed by atoms with Gasteiger partial charge in [-0.1, -0.05) is 209 Å². The molecule has 5 aromatic carbocycles. The van der Waals surface area contributed by atoms with E-state index in [0.29, 0.717) is 78.8 Å². The number of amides is 4. The summed E-state index contributed by atoms with van der Waals surface area (Å²) in [7, 11) is -6.85. The third kappa shape index (κ3) is 39.4. The molecular formula is C105H153N7O23SSi5. The predicted octanol–water partition coefficient (Wildman–Crippen LogP) is 22.2. The molecule has 0 saturated carbocycles. The van der Waals surface area contributed by atoms with Gasteiger partial charge in [-0.25, -0.2) is 29.2 Å². The number of anilines is 3. The number of hydroxylamine groups is 2. The van der Waals surface area contributed by atoms with Crippen LogP contribution in [-0.4, -0.2) is 178 Å². The number of carboxylic acids is 1. The molecule has 4 aliphatic rings. The molecule has 2 atom stereocenters. The Balaban J connectivity index is 0.000000293. The van der Waals surface area contributed by atoms with Crippen LogP contribution in [0, 0.1) is 6.92 Å². The number of aliphatic hydroxyl groups is 2. The van der Waals surface area contributed by atoms with E-state index in [1.165, 1.54) is 46.5 Å². The summed E-state index contributed by atoms with van der Waals surface area (Å²) in [6.07, 6.45) is 2.68. The van der Waals surface area contributed by atoms with Crippen molar-refractivity contribution in [3.8, 4) is 11.4 Å². The summed E-state index contributed by atoms with van der Waals surface area (Å²) in [4.78, 5) is 153. The SMILES string of the molecule is CC(C)(C)OC(=O)Nc1ccccc1.CC(C)(C)OC(=O)Nc1ccccc1C(=O)CC[Si](C)(C)C.CC(C)(C)OC(=O)Nc1ccccc1C(=O)CC[Si](C)(C)C.CC[C@@]1(O)C(=O)CCc2c1cc1n(c2=O)Cc2c-1nc1ccccc1c2CC[Si](C)(C)C.CC[C@@]1(O)C(=O)OCc2c1cc1n(c2=O)CCC1=O.CON(C)C(=O)CC[Si](C)(C)C.C[Si](C)(C)CCC(=O)O.Cc1ccc(S(=O)(=O)O)cc1. The number of ether oxygens (including phenoxy) is 4. The minimum absolute atomic E-state index is 0.0640. The molecule has 12 rings (SSSR count). The highest BCUT2D eigenvalue weighted by Gasteiger charge is 2.47. The molecule has 4 amide bonds. The number of fused-ring (bicyclic) bond motifs is 7. The maximum absolute atomic E-state index is 13.5. The Hall–Kier alpha value is -10.8. The van der Waals surface area contributed by atoms with Crippen molar-refractivity contribution in [1.29, 1.82) is 0 Å². The normalized spacial score (nSPS) is 15.2. The smallest absolute Gasteiger partial charge is 0.412 e. The number of carboxylic acid groups (broad SMARTS) is 1. The molecule has 141 heavy (non-hydrogen) atoms. The van der Waals surface area contributed by atoms with Crippen molar-refractivity contribution in [3.05, 3.63) is 216 Å². The topological polar surface area (TPSA) is 428 Å². The van der Waals surface area contributed by atoms with Gasteiger partial charge < -0.3 is 43.4 Å². The molecule has 30 nitrogen and oxygen atoms in total. The summed E-state index contributed by atoms with van der Waals surface area (Å²) in [6, 6.07) is 45.9. The molecule has 3 aliphatic heterocycles. The van der Waals surface area contributed by atoms with Gasteiger partial charge >= 0.3 is 30.2 Å². The number of ketones is 4. The number of aliphatic carboxylic acids is 1. The Morgan fingerprint density at radius 2 is 0.936 bits per heavy atom. The van der Waals surface area contributed by atoms with Crippen molar-refractivity contribution in [1.82, 2.24) is 19.2 Å². The fourth-order valence-corrected chi connectivity index (χ4v) is 20.0. The maximum Gasteiger partial charge on any atom is 0.412 e. The predicted molar refractivity (Wildman–Crippen MR) is 571 cm³/mol. The highest BCUT2D eigenvalue weighted by atomic mass is 32.2. The second-order valence-corrected chi connectivity index (χ2v) is 74.0. The summed E-state index contributed by atoms with van der Waals surface area (Å²) < 4.78 is 53.2. The number of Topliss-reactive ketones (excluding diaryl/α,β-unsaturated/α-hetero) is 4. The van der Waals surface area contributed by atoms with E-state index in [9.17, 15) is 76.2 Å². The van der Waals surface area contributed by atoms with Gasteiger partial charge in [-0.05, 0) is 179 Å². The van der Waals surface area contributed by atoms with Crippen LogP contribution < -0.4 is 27.1 Å². The Morgan fingerprint density at radius 1 is 0.511 bits per heavy atom. The van der Waals surface area contributed by atoms with E-state index in [2.05, 4.69) is 120 Å². The van der Waals surface area contributed by atoms with Crippen LogP contribution in [0.2, 0.25) is 128 Å². The van der Waals surface area contributed by atoms with Crippen molar-refractivity contribution in [2.45, 2.75) is 328 Å². The van der Waals surface area contributed by atoms with Crippen LogP contribution >= 0.6 is 0 Å². The highest BCUT2D eigenvalue weighted by Crippen LogP contribution is 2.42. The summed E-state index contributed by atoms with van der Waals surface area (Å²) >= 11 is 0. The number of nitrogens with one attached hydrogen (secondary N) is 3. The van der Waals surface area contributed by atoms with E-state index in [1.807, 2.05) is 94.4 Å². The number of esters is 1. The van der Waals surface area contributed by atoms with Gasteiger partial charge in [0.05, 0.1) is 58.1 Å². The van der Waals surface area contributed by atoms with Crippen molar-refractivity contribution < 1.29 is 100 Å². The van der Waals surface area contributed by atoms with Gasteiger partial charge in [-0.15, -0.1) is 0 Å². The van der Waals surface area contributed by atoms with Crippen molar-refractivity contribution in [3.63, 3.8) is 0 Å². The van der Waals surface area contributed by atoms with Gasteiger partial charge in [-0.2, -0.15) is 8.42 Å². The molecule has 772 valence electrons. The van der Waals surface area contributed by atoms with Crippen molar-refractivity contribution in [2.24, 2.45) is 0 Å². The Morgan fingerprint density at radius 3 is 1.38 bits per heavy atom. The quantitative estimate of drug-likeness (QED) is 0.00737. The zero-order chi connectivity index (χ0) is 107. The highest BCUT2D eigenvalue weighted by molar-refractivity contribution is 7.85. The number of carbonyl (C=O) groups excluding carboxylic acids is 9. The van der Waals surface area contributed by atoms with E-state index in [0.717, 1.165) is 69.7 Å². The largest absolute Gasteiger partial charge is 0.481 e. The standard InChI is InChI=1S/C26H30N2O3Si.2C17H27NO3Si.C13H13NO5.C11H15NO2.C8H19NO2Si.C7H8O3S.C6H14O2Si/c1-5-26(31)20-14-22-24-19(15-28(22)25(30)18(20)10-11-23(26)29)16(12-13-32(2,3)4)17-8-6-7-9-21(17)27-24;2*1-17(2,3)21-16(20)18-14-10-8-7-9-13(14)15(19)11-12-22(4,5)6;1-2-13(18)8-5-9-10(15)3-4-14(9)11(16)7(8)6-19-12(13)17;1-11(2,3)14-10(13)12-9-7-5-4-6-8-9;1-9(11-2)8(10)6-7-12(3,4)5;1-6-2-4-7(5-3-6)11(8,9)10;1-9(2,3)5-4-6(7)8/h6-9,14,31H,5,10-13,15H2,1-4H3;2*7-10H,11-12H2,1-6H3,(H,18,20);5,18H,2-4,6H2,1H3;4-8H,1-3H3,(H,12,13);6-7H2,1-5H3;2-5H,1H3,(H,8,9,10);4-5H2,1-3H3,(H,7,8)/t26-;;;13-;;;;/m0..0..../s1. The summed E-state index contributed by atoms with van der Waals surface area (Å²) in [5.74, 6) is -1.58. The number of cyclic esters (lactones) is 1. The zero-order valence-corrected chi connectivity index (χ0v) is 94.1. The molecule has 3 aromatic heterocycles. The lowest BCUT2D eigenvalue weighted by molar-refractivity contribution is -0.172. The lowest BCUT2D eigenvalue weighted by Gasteiger charge is -2.32. The number of carbonyl (C=O) groups is 10. The molecule has 0 spiro atoms. The monoisotopic (exact) mass is 2050 g/mol. The van der Waals surface area contributed by atoms with Crippen LogP contribution in [-0.2, 0) is 96.8 Å². The van der Waals surface area contributed by atoms with Crippen molar-refractivity contribution >= 4 is 138 Å². The molecule has 0 fully saturated rings. The molecule has 7 N–H and O–H groups in total. The molecule has 8 aromatic rings. The Kier molecular flexibility index (Phi) is 43.6. The molecule has 0 radical (unpaired) electrons. The second kappa shape index (κ2) is 50.9. The molecule has 36 heteroatoms. The van der Waals surface area contributed by atoms with E-state index in [4.69, 9.17) is 38.4 Å². The number of aromatic nitrogens is 3. The van der Waals surface area contributed by atoms with Crippen LogP contribution in [0.5, 0.6) is 0 Å². The van der Waals surface area contributed by atoms with Gasteiger partial charge in [0.15, 0.2) is 28.7 Å². The van der Waals surface area contributed by atoms with E-state index in [1.54, 1.807) is 116 Å². The van der Waals surface area contributed by atoms with Crippen LogP contribution in [0.15, 0.2) is 154 Å². The Labute approximate surface area is 837 Å². The second-order valence-electron chi connectivity index (χ2n) is 44.5. The average Bonchev–Trinajstić information content (AvgIpc) is 1.60. The minimum atomic E-state index is -4.02. The number of nitrogens with zero attached hydrogens (tertiary/aromatic N) is 4. The number of benzene rings is 5. The molecular weight excluding hydrogens is 1900 g/mol. The van der Waals surface area contributed by atoms with Gasteiger partial charge in [0.1, 0.15) is 29.0 Å². The van der Waals surface area contributed by atoms with Gasteiger partial charge in [0, 0.05) is 137 Å². The number of aryl methyl sites for hydroxylation is 2. The summed E-state index contributed by atoms with van der Waals surface area (Å²) in [5.41, 5.74) is 5.08. The van der Waals surface area contributed by atoms with E-state index < -0.39 is 109 Å². The summed E-state index contributed by atoms with van der Waals surface area (Å²) in [5, 5.41) is 40.3. The van der Waals surface area contributed by atoms with Crippen LogP contribution in [0.1, 0.15) is 198 Å². The lowest BCUT2D eigenvalue weighted by Crippen LogP contribution is -2.44. The molecule has 0 bridgehead atoms. The number of hydrogen-bond donors (Lipinski definition) is 7. The molecule has 6 heterocycles. The Bertz CT molecular complexity index is 5890. The fraction of sp³-hybridized carbons (Fsp3) is 0.495. The first-order valence-electron chi connectivity index (χ1n) is 47.8. The number of pyridine rings is 3. The molecule has 0 unspecified atom stereocenters. The van der Waals surface area contributed by atoms with E-state index in [-0.39, 0.29) is 94.2 Å². The first kappa shape index (κ1) is 121. The summed E-state index contributed by atoms with van der Waals surface area (Å²) in [6.45, 7) is 56.2. The average molecular weight is 2050 g/mol. The van der Waals surface area contributed by atoms with Gasteiger partial charge in [0.25, 0.3) is 21.2 Å². The molecule has 1 aliphatic carbocycles. The third-order valence-electron chi connectivity index (χ3n) is 22.6. The van der Waals surface area contributed by atoms with Gasteiger partial charge in [-0.3, -0.25) is 63.7 Å². The minimum Gasteiger partial charge on any atom is -0.481 e. The first-order chi connectivity index (χ1) is 64.8. The van der Waals surface area contributed by atoms with Crippen molar-refractivity contribution in [2.75, 3.05) is 30.1 Å². The maximum atomic E-state index is 13.5. The van der Waals surface area contributed by atoms with Crippen LogP contribution in [0.25, 0.3) is 22.3 Å². The lowest BCUT2D eigenvalue weighted by atomic mass is 9.77. The third-order valence-corrected chi connectivity index (χ3v) is 32.2. The fourth-order valence-electron chi connectivity index (χ4n) is 14.6. The number of hydrogen-bond acceptors (Lipinski definition) is 22. The van der Waals surface area contributed by atoms with Crippen LogP contribution in [0.3, 0.4) is 0 Å². The van der Waals surface area contributed by atoms with Gasteiger partial charge in [0.2, 0.25) is 5.91 Å². The molecule has 0 saturated heterocycles. The van der Waals surface area contributed by atoms with Crippen LogP contribution in [0.4, 0.5) is 31.4 Å².